The number of carbonyl (C=O) groups is 3. The molecule has 6 nitrogen and oxygen atoms in total. The van der Waals surface area contributed by atoms with Crippen molar-refractivity contribution in [2.24, 2.45) is 5.92 Å². The zero-order chi connectivity index (χ0) is 17.4. The van der Waals surface area contributed by atoms with E-state index in [9.17, 15) is 14.4 Å². The summed E-state index contributed by atoms with van der Waals surface area (Å²) in [6.07, 6.45) is 3.80. The standard InChI is InChI=1S/C18H21NO5/c20-16(21)11-14-9-5-2-6-10-17(22)24-15(12-19-18(14)23)13-7-3-1-4-8-13/h1-5,7-8,14-15H,6,9-12H2,(H,19,23)(H,20,21)/b5-2+/t14-,15+/m0/s1. The van der Waals surface area contributed by atoms with E-state index in [1.54, 1.807) is 12.2 Å². The van der Waals surface area contributed by atoms with Crippen LogP contribution in [0.5, 0.6) is 0 Å². The number of benzene rings is 1. The van der Waals surface area contributed by atoms with Crippen LogP contribution < -0.4 is 5.32 Å². The Morgan fingerprint density at radius 3 is 2.67 bits per heavy atom. The summed E-state index contributed by atoms with van der Waals surface area (Å²) in [6.45, 7) is 0.119. The molecule has 2 N–H and O–H groups in total. The second-order valence-electron chi connectivity index (χ2n) is 5.67. The van der Waals surface area contributed by atoms with Crippen molar-refractivity contribution in [1.82, 2.24) is 5.32 Å². The maximum atomic E-state index is 12.3. The summed E-state index contributed by atoms with van der Waals surface area (Å²) in [5, 5.41) is 11.7. The summed E-state index contributed by atoms with van der Waals surface area (Å²) in [4.78, 5) is 35.1. The summed E-state index contributed by atoms with van der Waals surface area (Å²) in [7, 11) is 0. The molecule has 0 radical (unpaired) electrons. The lowest BCUT2D eigenvalue weighted by Gasteiger charge is -2.21. The van der Waals surface area contributed by atoms with Crippen LogP contribution in [0.15, 0.2) is 42.5 Å². The molecule has 1 aliphatic heterocycles. The van der Waals surface area contributed by atoms with Crippen LogP contribution in [0, 0.1) is 5.92 Å². The fraction of sp³-hybridized carbons (Fsp3) is 0.389. The molecule has 0 saturated heterocycles. The van der Waals surface area contributed by atoms with Gasteiger partial charge in [0, 0.05) is 6.42 Å². The highest BCUT2D eigenvalue weighted by atomic mass is 16.5. The molecule has 0 saturated carbocycles. The number of allylic oxidation sites excluding steroid dienone is 2. The Hall–Kier alpha value is -2.63. The maximum Gasteiger partial charge on any atom is 0.306 e. The van der Waals surface area contributed by atoms with Crippen molar-refractivity contribution in [2.75, 3.05) is 6.54 Å². The fourth-order valence-electron chi connectivity index (χ4n) is 2.52. The van der Waals surface area contributed by atoms with Crippen LogP contribution in [0.25, 0.3) is 0 Å². The van der Waals surface area contributed by atoms with E-state index >= 15 is 0 Å². The number of esters is 1. The largest absolute Gasteiger partial charge is 0.481 e. The van der Waals surface area contributed by atoms with Crippen LogP contribution in [0.1, 0.15) is 37.4 Å². The first-order valence-corrected chi connectivity index (χ1v) is 7.95. The van der Waals surface area contributed by atoms with E-state index in [-0.39, 0.29) is 31.3 Å². The molecule has 1 aromatic rings. The molecule has 0 aliphatic carbocycles. The van der Waals surface area contributed by atoms with Crippen LogP contribution in [0.3, 0.4) is 0 Å². The number of nitrogens with one attached hydrogen (secondary N) is 1. The summed E-state index contributed by atoms with van der Waals surface area (Å²) < 4.78 is 5.47. The molecular weight excluding hydrogens is 310 g/mol. The van der Waals surface area contributed by atoms with Gasteiger partial charge in [-0.1, -0.05) is 42.5 Å². The number of carboxylic acids is 1. The van der Waals surface area contributed by atoms with E-state index in [4.69, 9.17) is 9.84 Å². The van der Waals surface area contributed by atoms with Crippen molar-refractivity contribution >= 4 is 17.8 Å². The number of carboxylic acid groups (broad SMARTS) is 1. The molecule has 6 heteroatoms. The molecule has 0 spiro atoms. The highest BCUT2D eigenvalue weighted by Crippen LogP contribution is 2.19. The summed E-state index contributed by atoms with van der Waals surface area (Å²) in [5.41, 5.74) is 0.786. The van der Waals surface area contributed by atoms with Crippen molar-refractivity contribution in [3.63, 3.8) is 0 Å². The molecule has 0 fully saturated rings. The quantitative estimate of drug-likeness (QED) is 0.654. The van der Waals surface area contributed by atoms with Crippen LogP contribution in [0.4, 0.5) is 0 Å². The predicted octanol–water partition coefficient (Wildman–Crippen LogP) is 2.22. The molecule has 1 aromatic carbocycles. The zero-order valence-corrected chi connectivity index (χ0v) is 13.3. The molecule has 0 unspecified atom stereocenters. The van der Waals surface area contributed by atoms with E-state index in [0.717, 1.165) is 5.56 Å². The van der Waals surface area contributed by atoms with Gasteiger partial charge in [0.05, 0.1) is 18.9 Å². The van der Waals surface area contributed by atoms with Gasteiger partial charge in [-0.25, -0.2) is 0 Å². The maximum absolute atomic E-state index is 12.3. The Labute approximate surface area is 140 Å². The van der Waals surface area contributed by atoms with Gasteiger partial charge in [0.15, 0.2) is 0 Å². The second-order valence-corrected chi connectivity index (χ2v) is 5.67. The van der Waals surface area contributed by atoms with E-state index < -0.39 is 18.0 Å². The zero-order valence-electron chi connectivity index (χ0n) is 13.3. The normalized spacial score (nSPS) is 24.0. The third-order valence-corrected chi connectivity index (χ3v) is 3.80. The SMILES string of the molecule is O=C(O)C[C@@H]1C/C=C/CCC(=O)O[C@@H](c2ccccc2)CNC1=O. The van der Waals surface area contributed by atoms with Gasteiger partial charge >= 0.3 is 11.9 Å². The number of ether oxygens (including phenoxy) is 1. The number of rotatable bonds is 3. The van der Waals surface area contributed by atoms with Crippen LogP contribution in [-0.4, -0.2) is 29.5 Å². The average molecular weight is 331 g/mol. The van der Waals surface area contributed by atoms with Crippen LogP contribution in [-0.2, 0) is 19.1 Å². The Balaban J connectivity index is 2.15. The van der Waals surface area contributed by atoms with Crippen molar-refractivity contribution in [2.45, 2.75) is 31.8 Å². The Kier molecular flexibility index (Phi) is 6.54. The Morgan fingerprint density at radius 2 is 1.96 bits per heavy atom. The first-order chi connectivity index (χ1) is 11.6. The van der Waals surface area contributed by atoms with Gasteiger partial charge in [-0.05, 0) is 18.4 Å². The molecule has 2 rings (SSSR count). The van der Waals surface area contributed by atoms with Gasteiger partial charge in [-0.15, -0.1) is 0 Å². The smallest absolute Gasteiger partial charge is 0.306 e. The molecule has 0 bridgehead atoms. The molecule has 1 aliphatic rings. The Bertz CT molecular complexity index is 611. The van der Waals surface area contributed by atoms with Gasteiger partial charge in [0.25, 0.3) is 0 Å². The monoisotopic (exact) mass is 331 g/mol. The molecular formula is C18H21NO5. The summed E-state index contributed by atoms with van der Waals surface area (Å²) in [5.74, 6) is -2.32. The lowest BCUT2D eigenvalue weighted by molar-refractivity contribution is -0.150. The molecule has 1 amide bonds. The van der Waals surface area contributed by atoms with Gasteiger partial charge < -0.3 is 15.2 Å². The highest BCUT2D eigenvalue weighted by Gasteiger charge is 2.23. The molecule has 24 heavy (non-hydrogen) atoms. The van der Waals surface area contributed by atoms with Gasteiger partial charge in [-0.3, -0.25) is 14.4 Å². The predicted molar refractivity (Wildman–Crippen MR) is 87.0 cm³/mol. The first-order valence-electron chi connectivity index (χ1n) is 7.95. The lowest BCUT2D eigenvalue weighted by atomic mass is 9.99. The van der Waals surface area contributed by atoms with Crippen molar-refractivity contribution in [3.8, 4) is 0 Å². The third-order valence-electron chi connectivity index (χ3n) is 3.80. The van der Waals surface area contributed by atoms with Crippen LogP contribution >= 0.6 is 0 Å². The van der Waals surface area contributed by atoms with Gasteiger partial charge in [0.2, 0.25) is 5.91 Å². The fourth-order valence-corrected chi connectivity index (χ4v) is 2.52. The molecule has 2 atom stereocenters. The van der Waals surface area contributed by atoms with E-state index in [1.165, 1.54) is 0 Å². The minimum Gasteiger partial charge on any atom is -0.481 e. The average Bonchev–Trinajstić information content (AvgIpc) is 2.56. The van der Waals surface area contributed by atoms with Gasteiger partial charge in [0.1, 0.15) is 6.10 Å². The number of hydrogen-bond donors (Lipinski definition) is 2. The van der Waals surface area contributed by atoms with E-state index in [2.05, 4.69) is 5.32 Å². The highest BCUT2D eigenvalue weighted by molar-refractivity contribution is 5.83. The number of carbonyl (C=O) groups excluding carboxylic acids is 2. The number of amides is 1. The van der Waals surface area contributed by atoms with E-state index in [1.807, 2.05) is 30.3 Å². The second kappa shape index (κ2) is 8.86. The number of aliphatic carboxylic acids is 1. The number of hydrogen-bond acceptors (Lipinski definition) is 4. The van der Waals surface area contributed by atoms with Crippen LogP contribution in [0.2, 0.25) is 0 Å². The summed E-state index contributed by atoms with van der Waals surface area (Å²) in [6, 6.07) is 9.16. The van der Waals surface area contributed by atoms with E-state index in [0.29, 0.717) is 12.8 Å². The molecule has 0 aromatic heterocycles. The van der Waals surface area contributed by atoms with Crippen molar-refractivity contribution in [1.29, 1.82) is 0 Å². The Morgan fingerprint density at radius 1 is 1.21 bits per heavy atom. The number of cyclic esters (lactones) is 1. The van der Waals surface area contributed by atoms with Gasteiger partial charge in [-0.2, -0.15) is 0 Å². The molecule has 1 heterocycles. The minimum absolute atomic E-state index is 0.119. The summed E-state index contributed by atoms with van der Waals surface area (Å²) >= 11 is 0. The van der Waals surface area contributed by atoms with Crippen molar-refractivity contribution in [3.05, 3.63) is 48.0 Å². The minimum atomic E-state index is -1.01. The lowest BCUT2D eigenvalue weighted by Crippen LogP contribution is -2.36. The topological polar surface area (TPSA) is 92.7 Å². The van der Waals surface area contributed by atoms with Crippen molar-refractivity contribution < 1.29 is 24.2 Å². The first kappa shape index (κ1) is 17.7. The molecule has 128 valence electrons. The third kappa shape index (κ3) is 5.53.